The van der Waals surface area contributed by atoms with Gasteiger partial charge in [0.15, 0.2) is 5.78 Å². The van der Waals surface area contributed by atoms with E-state index in [1.807, 2.05) is 18.2 Å². The van der Waals surface area contributed by atoms with Crippen LogP contribution in [0.1, 0.15) is 49.0 Å². The van der Waals surface area contributed by atoms with Crippen LogP contribution >= 0.6 is 0 Å². The van der Waals surface area contributed by atoms with Gasteiger partial charge in [-0.25, -0.2) is 0 Å². The Balaban J connectivity index is 1.40. The van der Waals surface area contributed by atoms with Crippen molar-refractivity contribution in [3.63, 3.8) is 0 Å². The molecule has 6 rings (SSSR count). The fourth-order valence-electron chi connectivity index (χ4n) is 6.13. The summed E-state index contributed by atoms with van der Waals surface area (Å²) in [5, 5.41) is 15.8. The Bertz CT molecular complexity index is 1180. The first-order valence-corrected chi connectivity index (χ1v) is 12.6. The molecule has 10 nitrogen and oxygen atoms in total. The lowest BCUT2D eigenvalue weighted by atomic mass is 9.74. The fourth-order valence-corrected chi connectivity index (χ4v) is 6.13. The van der Waals surface area contributed by atoms with Gasteiger partial charge in [0.2, 0.25) is 11.8 Å². The quantitative estimate of drug-likeness (QED) is 0.432. The van der Waals surface area contributed by atoms with Gasteiger partial charge in [-0.2, -0.15) is 0 Å². The largest absolute Gasteiger partial charge is 0.496 e. The maximum atomic E-state index is 13.8. The number of aliphatic hydroxyl groups excluding tert-OH is 1. The van der Waals surface area contributed by atoms with Crippen LogP contribution in [0, 0.1) is 11.8 Å². The number of carbonyl (C=O) groups excluding carboxylic acids is 4. The summed E-state index contributed by atoms with van der Waals surface area (Å²) in [6.45, 7) is -0.197. The highest BCUT2D eigenvalue weighted by atomic mass is 16.5. The number of nitrogens with one attached hydrogen (secondary N) is 3. The molecule has 1 aromatic carbocycles. The lowest BCUT2D eigenvalue weighted by molar-refractivity contribution is -0.137. The van der Waals surface area contributed by atoms with Crippen LogP contribution in [-0.4, -0.2) is 76.9 Å². The smallest absolute Gasteiger partial charge is 0.271 e. The Morgan fingerprint density at radius 2 is 1.97 bits per heavy atom. The van der Waals surface area contributed by atoms with E-state index < -0.39 is 36.3 Å². The van der Waals surface area contributed by atoms with Gasteiger partial charge in [-0.1, -0.05) is 6.07 Å². The van der Waals surface area contributed by atoms with Crippen molar-refractivity contribution in [2.24, 2.45) is 11.8 Å². The van der Waals surface area contributed by atoms with Crippen LogP contribution in [0.15, 0.2) is 24.3 Å². The van der Waals surface area contributed by atoms with Gasteiger partial charge in [-0.15, -0.1) is 0 Å². The summed E-state index contributed by atoms with van der Waals surface area (Å²) in [7, 11) is 1.58. The number of ketones is 1. The van der Waals surface area contributed by atoms with Gasteiger partial charge in [0.05, 0.1) is 13.2 Å². The number of methoxy groups -OCH3 is 1. The van der Waals surface area contributed by atoms with E-state index in [1.54, 1.807) is 18.1 Å². The number of hydrogen-bond acceptors (Lipinski definition) is 6. The Morgan fingerprint density at radius 1 is 1.19 bits per heavy atom. The normalized spacial score (nSPS) is 26.1. The third-order valence-electron chi connectivity index (χ3n) is 8.00. The topological polar surface area (TPSA) is 141 Å². The first kappa shape index (κ1) is 24.3. The van der Waals surface area contributed by atoms with Crippen LogP contribution in [0.5, 0.6) is 5.75 Å². The summed E-state index contributed by atoms with van der Waals surface area (Å²) in [6, 6.07) is 5.52. The second-order valence-electron chi connectivity index (χ2n) is 10.0. The maximum absolute atomic E-state index is 13.8. The molecule has 3 amide bonds. The van der Waals surface area contributed by atoms with Crippen LogP contribution < -0.4 is 15.4 Å². The molecule has 3 saturated heterocycles. The zero-order chi connectivity index (χ0) is 25.4. The molecular formula is C26H32N4O6. The van der Waals surface area contributed by atoms with Crippen molar-refractivity contribution < 1.29 is 29.0 Å². The molecule has 3 aliphatic heterocycles. The molecule has 2 aromatic rings. The van der Waals surface area contributed by atoms with Gasteiger partial charge in [-0.3, -0.25) is 19.2 Å². The van der Waals surface area contributed by atoms with Gasteiger partial charge in [0, 0.05) is 29.4 Å². The van der Waals surface area contributed by atoms with E-state index in [9.17, 15) is 24.3 Å². The number of aromatic amines is 1. The Kier molecular flexibility index (Phi) is 6.70. The Hall–Kier alpha value is -3.40. The molecule has 4 heterocycles. The average molecular weight is 497 g/mol. The molecule has 4 N–H and O–H groups in total. The zero-order valence-corrected chi connectivity index (χ0v) is 20.3. The minimum atomic E-state index is -0.980. The van der Waals surface area contributed by atoms with Gasteiger partial charge in [0.25, 0.3) is 5.91 Å². The van der Waals surface area contributed by atoms with E-state index in [0.29, 0.717) is 24.4 Å². The predicted molar refractivity (Wildman–Crippen MR) is 130 cm³/mol. The minimum Gasteiger partial charge on any atom is -0.496 e. The fraction of sp³-hybridized carbons (Fsp3) is 0.538. The number of aliphatic hydroxyl groups is 1. The van der Waals surface area contributed by atoms with Crippen molar-refractivity contribution in [2.45, 2.75) is 56.7 Å². The maximum Gasteiger partial charge on any atom is 0.271 e. The Morgan fingerprint density at radius 3 is 2.64 bits per heavy atom. The molecule has 192 valence electrons. The number of aromatic nitrogens is 1. The third-order valence-corrected chi connectivity index (χ3v) is 8.00. The minimum absolute atomic E-state index is 0.0162. The summed E-state index contributed by atoms with van der Waals surface area (Å²) >= 11 is 0. The lowest BCUT2D eigenvalue weighted by Crippen LogP contribution is -2.64. The number of fused-ring (bicyclic) bond motifs is 4. The number of Topliss-reactive ketones (excluding diaryl/α,β-unsaturated/α-hetero) is 1. The molecule has 36 heavy (non-hydrogen) atoms. The molecule has 4 aliphatic rings. The number of amides is 3. The summed E-state index contributed by atoms with van der Waals surface area (Å²) < 4.78 is 5.42. The number of H-pyrrole nitrogens is 1. The van der Waals surface area contributed by atoms with Crippen molar-refractivity contribution in [1.29, 1.82) is 0 Å². The SMILES string of the molecule is COc1cccc2[nH]c(C(=O)N3C4CCC(CC4)[C@@H]3C(=O)N[C@H](C[C@@H]3CCNC3=O)C(=O)CO)cc12. The van der Waals surface area contributed by atoms with Crippen molar-refractivity contribution in [1.82, 2.24) is 20.5 Å². The van der Waals surface area contributed by atoms with E-state index in [2.05, 4.69) is 15.6 Å². The number of ether oxygens (including phenoxy) is 1. The van der Waals surface area contributed by atoms with Crippen LogP contribution in [0.4, 0.5) is 0 Å². The van der Waals surface area contributed by atoms with Crippen LogP contribution in [0.2, 0.25) is 0 Å². The second kappa shape index (κ2) is 9.93. The van der Waals surface area contributed by atoms with Gasteiger partial charge in [-0.05, 0) is 62.6 Å². The highest BCUT2D eigenvalue weighted by molar-refractivity contribution is 6.02. The molecule has 10 heteroatoms. The number of benzene rings is 1. The van der Waals surface area contributed by atoms with Crippen LogP contribution in [-0.2, 0) is 14.4 Å². The molecular weight excluding hydrogens is 464 g/mol. The first-order chi connectivity index (χ1) is 17.4. The van der Waals surface area contributed by atoms with E-state index in [-0.39, 0.29) is 30.2 Å². The number of nitrogens with zero attached hydrogens (tertiary/aromatic N) is 1. The zero-order valence-electron chi connectivity index (χ0n) is 20.3. The molecule has 3 atom stereocenters. The monoisotopic (exact) mass is 496 g/mol. The number of hydrogen-bond donors (Lipinski definition) is 4. The van der Waals surface area contributed by atoms with E-state index >= 15 is 0 Å². The van der Waals surface area contributed by atoms with Crippen molar-refractivity contribution in [3.8, 4) is 5.75 Å². The summed E-state index contributed by atoms with van der Waals surface area (Å²) in [5.41, 5.74) is 1.15. The number of carbonyl (C=O) groups is 4. The predicted octanol–water partition coefficient (Wildman–Crippen LogP) is 1.13. The van der Waals surface area contributed by atoms with Crippen molar-refractivity contribution >= 4 is 34.4 Å². The molecule has 2 bridgehead atoms. The van der Waals surface area contributed by atoms with Crippen LogP contribution in [0.3, 0.4) is 0 Å². The summed E-state index contributed by atoms with van der Waals surface area (Å²) in [4.78, 5) is 56.8. The Labute approximate surface area is 208 Å². The first-order valence-electron chi connectivity index (χ1n) is 12.6. The molecule has 0 unspecified atom stereocenters. The van der Waals surface area contributed by atoms with Gasteiger partial charge < -0.3 is 30.4 Å². The second-order valence-corrected chi connectivity index (χ2v) is 10.0. The van der Waals surface area contributed by atoms with Gasteiger partial charge >= 0.3 is 0 Å². The third kappa shape index (κ3) is 4.34. The molecule has 0 radical (unpaired) electrons. The van der Waals surface area contributed by atoms with Crippen LogP contribution in [0.25, 0.3) is 10.9 Å². The van der Waals surface area contributed by atoms with Crippen molar-refractivity contribution in [2.75, 3.05) is 20.3 Å². The van der Waals surface area contributed by atoms with Crippen molar-refractivity contribution in [3.05, 3.63) is 30.0 Å². The van der Waals surface area contributed by atoms with E-state index in [4.69, 9.17) is 4.74 Å². The summed E-state index contributed by atoms with van der Waals surface area (Å²) in [6.07, 6.45) is 4.02. The van der Waals surface area contributed by atoms with E-state index in [0.717, 1.165) is 36.6 Å². The lowest BCUT2D eigenvalue weighted by Gasteiger charge is -2.50. The van der Waals surface area contributed by atoms with E-state index in [1.165, 1.54) is 0 Å². The standard InChI is InChI=1S/C26H32N4O6/c1-36-22-4-2-3-18-17(22)12-20(28-18)26(35)30-16-7-5-14(6-8-16)23(30)25(34)29-19(21(32)13-31)11-15-9-10-27-24(15)33/h2-4,12,14-16,19,23,28,31H,5-11,13H2,1H3,(H,27,33)(H,29,34)/t14?,15-,16?,19+,23+/m0/s1. The summed E-state index contributed by atoms with van der Waals surface area (Å²) in [5.74, 6) is -1.12. The molecule has 0 spiro atoms. The molecule has 4 fully saturated rings. The number of rotatable bonds is 8. The molecule has 1 aromatic heterocycles. The average Bonchev–Trinajstić information content (AvgIpc) is 3.53. The molecule has 1 saturated carbocycles. The van der Waals surface area contributed by atoms with Gasteiger partial charge in [0.1, 0.15) is 24.1 Å². The highest BCUT2D eigenvalue weighted by Gasteiger charge is 2.48. The highest BCUT2D eigenvalue weighted by Crippen LogP contribution is 2.41. The molecule has 1 aliphatic carbocycles. The number of piperidine rings is 2.